The number of likely N-dealkylation sites (N-methyl/N-ethyl adjacent to an activating group) is 1. The number of aromatic nitrogens is 2. The summed E-state index contributed by atoms with van der Waals surface area (Å²) in [6.45, 7) is 13.0. The molecule has 29 heavy (non-hydrogen) atoms. The van der Waals surface area contributed by atoms with Crippen LogP contribution >= 0.6 is 0 Å². The molecule has 0 aliphatic carbocycles. The van der Waals surface area contributed by atoms with Gasteiger partial charge in [-0.25, -0.2) is 0 Å². The maximum Gasteiger partial charge on any atom is 0.222 e. The van der Waals surface area contributed by atoms with E-state index in [1.807, 2.05) is 18.5 Å². The molecule has 1 saturated heterocycles. The van der Waals surface area contributed by atoms with Gasteiger partial charge in [-0.1, -0.05) is 29.8 Å². The number of aryl methyl sites for hydroxylation is 3. The molecule has 1 N–H and O–H groups in total. The SMILES string of the molecule is Cc1ccc(C(CNC(=O)CC(C)n2nc(C)cc2C)N2CCN(C)CC2)cc1. The van der Waals surface area contributed by atoms with Crippen LogP contribution in [0.25, 0.3) is 0 Å². The maximum absolute atomic E-state index is 12.7. The molecule has 0 bridgehead atoms. The third-order valence-electron chi connectivity index (χ3n) is 5.88. The molecule has 1 aliphatic rings. The highest BCUT2D eigenvalue weighted by Crippen LogP contribution is 2.22. The highest BCUT2D eigenvalue weighted by Gasteiger charge is 2.25. The first-order valence-electron chi connectivity index (χ1n) is 10.6. The fourth-order valence-electron chi connectivity index (χ4n) is 4.11. The van der Waals surface area contributed by atoms with Gasteiger partial charge in [0.15, 0.2) is 0 Å². The molecule has 1 fully saturated rings. The fourth-order valence-corrected chi connectivity index (χ4v) is 4.11. The molecule has 1 amide bonds. The smallest absolute Gasteiger partial charge is 0.222 e. The van der Waals surface area contributed by atoms with Gasteiger partial charge in [-0.05, 0) is 46.4 Å². The summed E-state index contributed by atoms with van der Waals surface area (Å²) in [6, 6.07) is 11.0. The Balaban J connectivity index is 1.63. The lowest BCUT2D eigenvalue weighted by atomic mass is 10.0. The minimum Gasteiger partial charge on any atom is -0.354 e. The van der Waals surface area contributed by atoms with Crippen molar-refractivity contribution in [3.63, 3.8) is 0 Å². The minimum atomic E-state index is 0.0464. The molecule has 6 nitrogen and oxygen atoms in total. The molecule has 0 radical (unpaired) electrons. The second-order valence-corrected chi connectivity index (χ2v) is 8.49. The number of nitrogens with one attached hydrogen (secondary N) is 1. The van der Waals surface area contributed by atoms with E-state index in [1.54, 1.807) is 0 Å². The summed E-state index contributed by atoms with van der Waals surface area (Å²) >= 11 is 0. The van der Waals surface area contributed by atoms with Gasteiger partial charge < -0.3 is 10.2 Å². The predicted molar refractivity (Wildman–Crippen MR) is 117 cm³/mol. The molecule has 1 aliphatic heterocycles. The zero-order valence-electron chi connectivity index (χ0n) is 18.5. The van der Waals surface area contributed by atoms with Crippen molar-refractivity contribution in [2.24, 2.45) is 0 Å². The van der Waals surface area contributed by atoms with E-state index in [1.165, 1.54) is 11.1 Å². The van der Waals surface area contributed by atoms with Crippen molar-refractivity contribution in [3.8, 4) is 0 Å². The summed E-state index contributed by atoms with van der Waals surface area (Å²) in [4.78, 5) is 17.5. The Labute approximate surface area is 174 Å². The van der Waals surface area contributed by atoms with Crippen LogP contribution in [-0.4, -0.2) is 65.3 Å². The number of benzene rings is 1. The summed E-state index contributed by atoms with van der Waals surface area (Å²) in [5.41, 5.74) is 4.61. The van der Waals surface area contributed by atoms with Gasteiger partial charge in [-0.15, -0.1) is 0 Å². The topological polar surface area (TPSA) is 53.4 Å². The molecule has 2 unspecified atom stereocenters. The van der Waals surface area contributed by atoms with E-state index in [0.717, 1.165) is 37.6 Å². The number of piperazine rings is 1. The van der Waals surface area contributed by atoms with Crippen LogP contribution in [0.4, 0.5) is 0 Å². The Morgan fingerprint density at radius 2 is 1.76 bits per heavy atom. The highest BCUT2D eigenvalue weighted by molar-refractivity contribution is 5.76. The normalized spacial score (nSPS) is 17.8. The van der Waals surface area contributed by atoms with Crippen LogP contribution in [0.5, 0.6) is 0 Å². The zero-order valence-corrected chi connectivity index (χ0v) is 18.5. The first kappa shape index (κ1) is 21.5. The maximum atomic E-state index is 12.7. The van der Waals surface area contributed by atoms with Gasteiger partial charge in [0.1, 0.15) is 0 Å². The second-order valence-electron chi connectivity index (χ2n) is 8.49. The monoisotopic (exact) mass is 397 g/mol. The van der Waals surface area contributed by atoms with Gasteiger partial charge in [-0.2, -0.15) is 5.10 Å². The largest absolute Gasteiger partial charge is 0.354 e. The number of amides is 1. The molecule has 2 atom stereocenters. The molecular weight excluding hydrogens is 362 g/mol. The zero-order chi connectivity index (χ0) is 21.0. The summed E-state index contributed by atoms with van der Waals surface area (Å²) in [6.07, 6.45) is 0.436. The predicted octanol–water partition coefficient (Wildman–Crippen LogP) is 2.86. The summed E-state index contributed by atoms with van der Waals surface area (Å²) in [5, 5.41) is 7.71. The number of carbonyl (C=O) groups is 1. The van der Waals surface area contributed by atoms with E-state index in [-0.39, 0.29) is 18.0 Å². The van der Waals surface area contributed by atoms with Crippen LogP contribution in [-0.2, 0) is 4.79 Å². The molecule has 2 aromatic rings. The van der Waals surface area contributed by atoms with Crippen molar-refractivity contribution >= 4 is 5.91 Å². The minimum absolute atomic E-state index is 0.0464. The molecule has 6 heteroatoms. The Morgan fingerprint density at radius 1 is 1.10 bits per heavy atom. The fraction of sp³-hybridized carbons (Fsp3) is 0.565. The van der Waals surface area contributed by atoms with Gasteiger partial charge >= 0.3 is 0 Å². The quantitative estimate of drug-likeness (QED) is 0.781. The van der Waals surface area contributed by atoms with Crippen molar-refractivity contribution < 1.29 is 4.79 Å². The van der Waals surface area contributed by atoms with Crippen molar-refractivity contribution in [3.05, 3.63) is 52.8 Å². The van der Waals surface area contributed by atoms with Gasteiger partial charge in [-0.3, -0.25) is 14.4 Å². The summed E-state index contributed by atoms with van der Waals surface area (Å²) < 4.78 is 1.95. The van der Waals surface area contributed by atoms with E-state index in [0.29, 0.717) is 13.0 Å². The van der Waals surface area contributed by atoms with Gasteiger partial charge in [0.25, 0.3) is 0 Å². The molecule has 2 heterocycles. The molecule has 0 saturated carbocycles. The van der Waals surface area contributed by atoms with E-state index in [9.17, 15) is 4.79 Å². The Bertz CT molecular complexity index is 805. The van der Waals surface area contributed by atoms with Crippen LogP contribution in [0.15, 0.2) is 30.3 Å². The van der Waals surface area contributed by atoms with E-state index >= 15 is 0 Å². The van der Waals surface area contributed by atoms with E-state index in [2.05, 4.69) is 71.4 Å². The molecule has 3 rings (SSSR count). The third kappa shape index (κ3) is 5.67. The number of rotatable bonds is 7. The average molecular weight is 398 g/mol. The number of nitrogens with zero attached hydrogens (tertiary/aromatic N) is 4. The first-order valence-corrected chi connectivity index (χ1v) is 10.6. The lowest BCUT2D eigenvalue weighted by Gasteiger charge is -2.38. The Morgan fingerprint density at radius 3 is 2.34 bits per heavy atom. The first-order chi connectivity index (χ1) is 13.8. The van der Waals surface area contributed by atoms with Crippen LogP contribution < -0.4 is 5.32 Å². The standard InChI is InChI=1S/C23H35N5O/c1-17-6-8-21(9-7-17)22(27-12-10-26(5)11-13-27)16-24-23(29)15-20(4)28-19(3)14-18(2)25-28/h6-9,14,20,22H,10-13,15-16H2,1-5H3,(H,24,29). The van der Waals surface area contributed by atoms with Crippen molar-refractivity contribution in [2.75, 3.05) is 39.8 Å². The second kappa shape index (κ2) is 9.55. The van der Waals surface area contributed by atoms with Crippen LogP contribution in [0.2, 0.25) is 0 Å². The van der Waals surface area contributed by atoms with Crippen LogP contribution in [0.3, 0.4) is 0 Å². The third-order valence-corrected chi connectivity index (χ3v) is 5.88. The Hall–Kier alpha value is -2.18. The van der Waals surface area contributed by atoms with E-state index in [4.69, 9.17) is 0 Å². The van der Waals surface area contributed by atoms with Crippen molar-refractivity contribution in [2.45, 2.75) is 46.2 Å². The Kier molecular flexibility index (Phi) is 7.09. The average Bonchev–Trinajstić information content (AvgIpc) is 3.03. The van der Waals surface area contributed by atoms with Crippen molar-refractivity contribution in [1.29, 1.82) is 0 Å². The molecule has 158 valence electrons. The van der Waals surface area contributed by atoms with Crippen LogP contribution in [0, 0.1) is 20.8 Å². The van der Waals surface area contributed by atoms with Gasteiger partial charge in [0.05, 0.1) is 17.8 Å². The lowest BCUT2D eigenvalue weighted by molar-refractivity contribution is -0.122. The summed E-state index contributed by atoms with van der Waals surface area (Å²) in [7, 11) is 2.17. The van der Waals surface area contributed by atoms with E-state index < -0.39 is 0 Å². The lowest BCUT2D eigenvalue weighted by Crippen LogP contribution is -2.48. The number of carbonyl (C=O) groups excluding carboxylic acids is 1. The number of hydrogen-bond donors (Lipinski definition) is 1. The summed E-state index contributed by atoms with van der Waals surface area (Å²) in [5.74, 6) is 0.0799. The van der Waals surface area contributed by atoms with Crippen LogP contribution in [0.1, 0.15) is 47.9 Å². The van der Waals surface area contributed by atoms with Crippen molar-refractivity contribution in [1.82, 2.24) is 24.9 Å². The molecular formula is C23H35N5O. The molecule has 0 spiro atoms. The van der Waals surface area contributed by atoms with Gasteiger partial charge in [0.2, 0.25) is 5.91 Å². The molecule has 1 aromatic carbocycles. The van der Waals surface area contributed by atoms with Gasteiger partial charge in [0, 0.05) is 44.8 Å². The number of hydrogen-bond acceptors (Lipinski definition) is 4. The highest BCUT2D eigenvalue weighted by atomic mass is 16.1. The molecule has 1 aromatic heterocycles.